The second-order valence-electron chi connectivity index (χ2n) is 5.74. The highest BCUT2D eigenvalue weighted by molar-refractivity contribution is 5.81. The predicted octanol–water partition coefficient (Wildman–Crippen LogP) is 3.55. The van der Waals surface area contributed by atoms with Gasteiger partial charge < -0.3 is 9.84 Å². The molecular formula is C17H24O3. The molecule has 110 valence electrons. The first-order chi connectivity index (χ1) is 9.69. The van der Waals surface area contributed by atoms with Crippen LogP contribution >= 0.6 is 0 Å². The van der Waals surface area contributed by atoms with Crippen LogP contribution < -0.4 is 0 Å². The summed E-state index contributed by atoms with van der Waals surface area (Å²) in [6.07, 6.45) is 6.71. The summed E-state index contributed by atoms with van der Waals surface area (Å²) in [5.74, 6) is -0.663. The van der Waals surface area contributed by atoms with Gasteiger partial charge >= 0.3 is 5.97 Å². The molecule has 1 aliphatic carbocycles. The van der Waals surface area contributed by atoms with Gasteiger partial charge in [0.15, 0.2) is 0 Å². The number of ether oxygens (including phenoxy) is 1. The Morgan fingerprint density at radius 1 is 1.20 bits per heavy atom. The van der Waals surface area contributed by atoms with E-state index >= 15 is 0 Å². The number of carboxylic acid groups (broad SMARTS) is 1. The van der Waals surface area contributed by atoms with Crippen molar-refractivity contribution in [1.82, 2.24) is 0 Å². The molecule has 3 nitrogen and oxygen atoms in total. The summed E-state index contributed by atoms with van der Waals surface area (Å²) < 4.78 is 5.05. The molecule has 3 heteroatoms. The number of hydrogen-bond acceptors (Lipinski definition) is 2. The lowest BCUT2D eigenvalue weighted by molar-refractivity contribution is -0.145. The highest BCUT2D eigenvalue weighted by Gasteiger charge is 2.41. The van der Waals surface area contributed by atoms with E-state index in [-0.39, 0.29) is 0 Å². The summed E-state index contributed by atoms with van der Waals surface area (Å²) in [4.78, 5) is 11.8. The molecule has 0 radical (unpaired) electrons. The van der Waals surface area contributed by atoms with E-state index in [1.807, 2.05) is 12.1 Å². The average molecular weight is 276 g/mol. The fourth-order valence-electron chi connectivity index (χ4n) is 3.19. The Morgan fingerprint density at radius 3 is 2.40 bits per heavy atom. The van der Waals surface area contributed by atoms with Crippen LogP contribution in [-0.2, 0) is 21.4 Å². The second-order valence-corrected chi connectivity index (χ2v) is 5.74. The van der Waals surface area contributed by atoms with Crippen LogP contribution in [0.2, 0.25) is 0 Å². The summed E-state index contributed by atoms with van der Waals surface area (Å²) >= 11 is 0. The molecule has 0 heterocycles. The molecule has 0 spiro atoms. The molecule has 1 aromatic carbocycles. The van der Waals surface area contributed by atoms with Gasteiger partial charge in [-0.25, -0.2) is 0 Å². The van der Waals surface area contributed by atoms with Crippen LogP contribution in [-0.4, -0.2) is 24.8 Å². The fraction of sp³-hybridized carbons (Fsp3) is 0.588. The molecular weight excluding hydrogens is 252 g/mol. The number of rotatable bonds is 6. The van der Waals surface area contributed by atoms with Gasteiger partial charge in [0.2, 0.25) is 0 Å². The first-order valence-corrected chi connectivity index (χ1v) is 7.51. The van der Waals surface area contributed by atoms with Crippen LogP contribution in [0.4, 0.5) is 0 Å². The summed E-state index contributed by atoms with van der Waals surface area (Å²) in [6.45, 7) is 0.765. The zero-order chi connectivity index (χ0) is 14.4. The number of carbonyl (C=O) groups is 1. The lowest BCUT2D eigenvalue weighted by atomic mass is 9.69. The van der Waals surface area contributed by atoms with Gasteiger partial charge in [0.05, 0.1) is 5.41 Å². The highest BCUT2D eigenvalue weighted by Crippen LogP contribution is 2.39. The number of aryl methyl sites for hydroxylation is 1. The third kappa shape index (κ3) is 3.21. The monoisotopic (exact) mass is 276 g/mol. The van der Waals surface area contributed by atoms with Gasteiger partial charge in [0.25, 0.3) is 0 Å². The van der Waals surface area contributed by atoms with E-state index in [4.69, 9.17) is 4.74 Å². The van der Waals surface area contributed by atoms with Crippen molar-refractivity contribution in [1.29, 1.82) is 0 Å². The Bertz CT molecular complexity index is 430. The van der Waals surface area contributed by atoms with Crippen molar-refractivity contribution in [2.24, 2.45) is 0 Å². The smallest absolute Gasteiger partial charge is 0.314 e. The number of hydrogen-bond donors (Lipinski definition) is 1. The molecule has 1 fully saturated rings. The number of aliphatic carboxylic acids is 1. The van der Waals surface area contributed by atoms with E-state index in [2.05, 4.69) is 12.1 Å². The van der Waals surface area contributed by atoms with Gasteiger partial charge in [-0.05, 0) is 36.8 Å². The van der Waals surface area contributed by atoms with Gasteiger partial charge in [0, 0.05) is 13.7 Å². The van der Waals surface area contributed by atoms with Gasteiger partial charge in [-0.3, -0.25) is 4.79 Å². The number of carboxylic acids is 1. The van der Waals surface area contributed by atoms with Crippen molar-refractivity contribution in [2.45, 2.75) is 50.4 Å². The molecule has 0 amide bonds. The van der Waals surface area contributed by atoms with Crippen LogP contribution in [0.15, 0.2) is 24.3 Å². The molecule has 2 rings (SSSR count). The second kappa shape index (κ2) is 6.89. The lowest BCUT2D eigenvalue weighted by Crippen LogP contribution is -2.37. The van der Waals surface area contributed by atoms with Crippen molar-refractivity contribution in [3.8, 4) is 0 Å². The van der Waals surface area contributed by atoms with Crippen molar-refractivity contribution >= 4 is 5.97 Å². The van der Waals surface area contributed by atoms with Crippen LogP contribution in [0.5, 0.6) is 0 Å². The van der Waals surface area contributed by atoms with Crippen LogP contribution in [0.1, 0.15) is 49.7 Å². The summed E-state index contributed by atoms with van der Waals surface area (Å²) in [5, 5.41) is 9.67. The molecule has 1 aliphatic rings. The standard InChI is InChI=1S/C17H24O3/c1-20-13-5-6-14-7-9-15(10-8-14)17(16(18)19)11-3-2-4-12-17/h7-10H,2-6,11-13H2,1H3,(H,18,19). The lowest BCUT2D eigenvalue weighted by Gasteiger charge is -2.33. The number of benzene rings is 1. The maximum absolute atomic E-state index is 11.8. The van der Waals surface area contributed by atoms with Gasteiger partial charge in [0.1, 0.15) is 0 Å². The molecule has 0 unspecified atom stereocenters. The van der Waals surface area contributed by atoms with E-state index < -0.39 is 11.4 Å². The Kier molecular flexibility index (Phi) is 5.18. The van der Waals surface area contributed by atoms with E-state index in [1.54, 1.807) is 7.11 Å². The molecule has 0 bridgehead atoms. The molecule has 0 saturated heterocycles. The van der Waals surface area contributed by atoms with E-state index in [0.717, 1.165) is 57.1 Å². The van der Waals surface area contributed by atoms with Crippen LogP contribution in [0.25, 0.3) is 0 Å². The van der Waals surface area contributed by atoms with Crippen LogP contribution in [0.3, 0.4) is 0 Å². The van der Waals surface area contributed by atoms with Crippen LogP contribution in [0, 0.1) is 0 Å². The molecule has 1 saturated carbocycles. The van der Waals surface area contributed by atoms with Gasteiger partial charge in [-0.15, -0.1) is 0 Å². The van der Waals surface area contributed by atoms with E-state index in [9.17, 15) is 9.90 Å². The maximum atomic E-state index is 11.8. The molecule has 0 aliphatic heterocycles. The zero-order valence-electron chi connectivity index (χ0n) is 12.2. The fourth-order valence-corrected chi connectivity index (χ4v) is 3.19. The first kappa shape index (κ1) is 15.0. The Hall–Kier alpha value is -1.35. The molecule has 1 aromatic rings. The maximum Gasteiger partial charge on any atom is 0.314 e. The topological polar surface area (TPSA) is 46.5 Å². The van der Waals surface area contributed by atoms with Crippen molar-refractivity contribution in [2.75, 3.05) is 13.7 Å². The SMILES string of the molecule is COCCCc1ccc(C2(C(=O)O)CCCCC2)cc1. The Morgan fingerprint density at radius 2 is 1.85 bits per heavy atom. The highest BCUT2D eigenvalue weighted by atomic mass is 16.5. The molecule has 20 heavy (non-hydrogen) atoms. The van der Waals surface area contributed by atoms with Crippen molar-refractivity contribution in [3.63, 3.8) is 0 Å². The minimum Gasteiger partial charge on any atom is -0.481 e. The minimum atomic E-state index is -0.663. The number of methoxy groups -OCH3 is 1. The molecule has 0 aromatic heterocycles. The average Bonchev–Trinajstić information content (AvgIpc) is 2.49. The molecule has 1 N–H and O–H groups in total. The predicted molar refractivity (Wildman–Crippen MR) is 79.0 cm³/mol. The minimum absolute atomic E-state index is 0.649. The summed E-state index contributed by atoms with van der Waals surface area (Å²) in [7, 11) is 1.71. The van der Waals surface area contributed by atoms with E-state index in [0.29, 0.717) is 0 Å². The third-order valence-electron chi connectivity index (χ3n) is 4.44. The van der Waals surface area contributed by atoms with Gasteiger partial charge in [-0.2, -0.15) is 0 Å². The summed E-state index contributed by atoms with van der Waals surface area (Å²) in [5.41, 5.74) is 1.57. The van der Waals surface area contributed by atoms with Crippen molar-refractivity contribution in [3.05, 3.63) is 35.4 Å². The summed E-state index contributed by atoms with van der Waals surface area (Å²) in [6, 6.07) is 8.18. The quantitative estimate of drug-likeness (QED) is 0.808. The normalized spacial score (nSPS) is 17.9. The Balaban J connectivity index is 2.12. The Labute approximate surface area is 121 Å². The molecule has 0 atom stereocenters. The largest absolute Gasteiger partial charge is 0.481 e. The van der Waals surface area contributed by atoms with E-state index in [1.165, 1.54) is 5.56 Å². The third-order valence-corrected chi connectivity index (χ3v) is 4.44. The van der Waals surface area contributed by atoms with Crippen molar-refractivity contribution < 1.29 is 14.6 Å². The first-order valence-electron chi connectivity index (χ1n) is 7.51. The zero-order valence-corrected chi connectivity index (χ0v) is 12.2. The van der Waals surface area contributed by atoms with Gasteiger partial charge in [-0.1, -0.05) is 43.5 Å².